The van der Waals surface area contributed by atoms with Gasteiger partial charge in [0, 0.05) is 22.3 Å². The number of aromatic nitrogens is 2. The van der Waals surface area contributed by atoms with Crippen LogP contribution in [0.1, 0.15) is 61.9 Å². The number of unbranched alkanes of at least 4 members (excludes halogenated alkanes) is 2. The van der Waals surface area contributed by atoms with Crippen molar-refractivity contribution in [1.29, 1.82) is 10.5 Å². The number of H-pyrrole nitrogens is 1. The van der Waals surface area contributed by atoms with E-state index in [1.165, 1.54) is 0 Å². The maximum absolute atomic E-state index is 9.88. The van der Waals surface area contributed by atoms with E-state index in [9.17, 15) is 10.5 Å². The number of rotatable bonds is 5. The summed E-state index contributed by atoms with van der Waals surface area (Å²) in [6.45, 7) is 4.17. The Kier molecular flexibility index (Phi) is 4.86. The van der Waals surface area contributed by atoms with Crippen molar-refractivity contribution in [1.82, 2.24) is 15.5 Å². The molecule has 2 N–H and O–H groups in total. The van der Waals surface area contributed by atoms with Crippen LogP contribution in [-0.4, -0.2) is 10.2 Å². The molecule has 0 atom stereocenters. The normalized spacial score (nSPS) is 13.6. The van der Waals surface area contributed by atoms with Crippen LogP contribution in [0.4, 0.5) is 0 Å². The summed E-state index contributed by atoms with van der Waals surface area (Å²) in [7, 11) is 0. The predicted molar refractivity (Wildman–Crippen MR) is 98.2 cm³/mol. The minimum absolute atomic E-state index is 0.330. The number of dihydropyridines is 1. The van der Waals surface area contributed by atoms with E-state index >= 15 is 0 Å². The van der Waals surface area contributed by atoms with Gasteiger partial charge in [-0.15, -0.1) is 0 Å². The van der Waals surface area contributed by atoms with Crippen LogP contribution in [0.15, 0.2) is 23.9 Å². The van der Waals surface area contributed by atoms with E-state index in [1.54, 1.807) is 0 Å². The molecule has 126 valence electrons. The molecule has 5 heteroatoms. The Balaban J connectivity index is 2.23. The molecule has 0 aliphatic carbocycles. The highest BCUT2D eigenvalue weighted by atomic mass is 15.1. The van der Waals surface area contributed by atoms with Crippen molar-refractivity contribution < 1.29 is 0 Å². The van der Waals surface area contributed by atoms with E-state index in [4.69, 9.17) is 0 Å². The van der Waals surface area contributed by atoms with Gasteiger partial charge in [-0.3, -0.25) is 5.10 Å². The SMILES string of the molecule is CCCCCc1cc2[nH]nc(C#N)c2c(C2=CCC=C(C)N2)c1C#N. The van der Waals surface area contributed by atoms with Crippen LogP contribution in [0.3, 0.4) is 0 Å². The van der Waals surface area contributed by atoms with Crippen LogP contribution in [-0.2, 0) is 6.42 Å². The van der Waals surface area contributed by atoms with Crippen molar-refractivity contribution in [2.75, 3.05) is 0 Å². The smallest absolute Gasteiger partial charge is 0.170 e. The van der Waals surface area contributed by atoms with Gasteiger partial charge in [0.2, 0.25) is 0 Å². The molecule has 0 bridgehead atoms. The Bertz CT molecular complexity index is 947. The Hall–Kier alpha value is -3.05. The van der Waals surface area contributed by atoms with Crippen LogP contribution < -0.4 is 5.32 Å². The Morgan fingerprint density at radius 3 is 2.72 bits per heavy atom. The lowest BCUT2D eigenvalue weighted by atomic mass is 9.91. The lowest BCUT2D eigenvalue weighted by Gasteiger charge is -2.19. The first kappa shape index (κ1) is 16.8. The van der Waals surface area contributed by atoms with Gasteiger partial charge in [0.15, 0.2) is 5.69 Å². The number of aryl methyl sites for hydroxylation is 1. The van der Waals surface area contributed by atoms with Gasteiger partial charge in [-0.2, -0.15) is 15.6 Å². The fraction of sp³-hybridized carbons (Fsp3) is 0.350. The highest BCUT2D eigenvalue weighted by Crippen LogP contribution is 2.33. The Morgan fingerprint density at radius 2 is 2.04 bits per heavy atom. The Morgan fingerprint density at radius 1 is 1.20 bits per heavy atom. The van der Waals surface area contributed by atoms with E-state index in [1.807, 2.05) is 13.0 Å². The van der Waals surface area contributed by atoms with E-state index in [2.05, 4.69) is 46.7 Å². The molecule has 0 radical (unpaired) electrons. The number of fused-ring (bicyclic) bond motifs is 1. The van der Waals surface area contributed by atoms with Crippen LogP contribution in [0.5, 0.6) is 0 Å². The van der Waals surface area contributed by atoms with Crippen LogP contribution in [0.25, 0.3) is 16.6 Å². The molecule has 25 heavy (non-hydrogen) atoms. The molecule has 0 spiro atoms. The van der Waals surface area contributed by atoms with E-state index < -0.39 is 0 Å². The summed E-state index contributed by atoms with van der Waals surface area (Å²) < 4.78 is 0. The van der Waals surface area contributed by atoms with Crippen molar-refractivity contribution in [3.05, 3.63) is 46.3 Å². The van der Waals surface area contributed by atoms with Crippen molar-refractivity contribution in [2.24, 2.45) is 0 Å². The third kappa shape index (κ3) is 3.14. The molecule has 2 heterocycles. The number of nitriles is 2. The largest absolute Gasteiger partial charge is 0.359 e. The summed E-state index contributed by atoms with van der Waals surface area (Å²) in [6.07, 6.45) is 9.12. The number of hydrogen-bond acceptors (Lipinski definition) is 4. The number of aromatic amines is 1. The first-order valence-electron chi connectivity index (χ1n) is 8.68. The zero-order valence-corrected chi connectivity index (χ0v) is 14.6. The standard InChI is InChI=1S/C20H21N5/c1-3-4-5-8-14-10-17-20(18(12-22)25-24-17)19(15(14)11-21)16-9-6-7-13(2)23-16/h7,9-10,23H,3-6,8H2,1-2H3,(H,24,25). The van der Waals surface area contributed by atoms with Crippen molar-refractivity contribution in [3.8, 4) is 12.1 Å². The van der Waals surface area contributed by atoms with Gasteiger partial charge in [-0.05, 0) is 37.8 Å². The van der Waals surface area contributed by atoms with Crippen LogP contribution in [0.2, 0.25) is 0 Å². The van der Waals surface area contributed by atoms with Gasteiger partial charge in [-0.1, -0.05) is 31.9 Å². The van der Waals surface area contributed by atoms with Crippen molar-refractivity contribution >= 4 is 16.6 Å². The fourth-order valence-electron chi connectivity index (χ4n) is 3.32. The molecule has 2 aromatic rings. The van der Waals surface area contributed by atoms with Gasteiger partial charge in [-0.25, -0.2) is 0 Å². The lowest BCUT2D eigenvalue weighted by molar-refractivity contribution is 0.717. The zero-order valence-electron chi connectivity index (χ0n) is 14.6. The molecular weight excluding hydrogens is 310 g/mol. The summed E-state index contributed by atoms with van der Waals surface area (Å²) in [5.74, 6) is 0. The highest BCUT2D eigenvalue weighted by Gasteiger charge is 2.22. The fourth-order valence-corrected chi connectivity index (χ4v) is 3.32. The van der Waals surface area contributed by atoms with E-state index in [0.29, 0.717) is 11.3 Å². The second-order valence-corrected chi connectivity index (χ2v) is 6.33. The molecule has 5 nitrogen and oxygen atoms in total. The second kappa shape index (κ2) is 7.23. The molecule has 1 aromatic heterocycles. The number of nitrogens with zero attached hydrogens (tertiary/aromatic N) is 3. The van der Waals surface area contributed by atoms with Gasteiger partial charge in [0.1, 0.15) is 12.1 Å². The molecule has 3 rings (SSSR count). The van der Waals surface area contributed by atoms with Crippen molar-refractivity contribution in [2.45, 2.75) is 46.0 Å². The monoisotopic (exact) mass is 331 g/mol. The molecular formula is C20H21N5. The van der Waals surface area contributed by atoms with Gasteiger partial charge in [0.05, 0.1) is 11.1 Å². The molecule has 0 saturated heterocycles. The van der Waals surface area contributed by atoms with E-state index in [0.717, 1.165) is 65.5 Å². The van der Waals surface area contributed by atoms with Crippen LogP contribution >= 0.6 is 0 Å². The Labute approximate surface area is 147 Å². The molecule has 1 aliphatic heterocycles. The average Bonchev–Trinajstić information content (AvgIpc) is 3.03. The topological polar surface area (TPSA) is 88.3 Å². The quantitative estimate of drug-likeness (QED) is 0.800. The summed E-state index contributed by atoms with van der Waals surface area (Å²) >= 11 is 0. The molecule has 0 saturated carbocycles. The van der Waals surface area contributed by atoms with Gasteiger partial charge in [0.25, 0.3) is 0 Å². The van der Waals surface area contributed by atoms with Gasteiger partial charge >= 0.3 is 0 Å². The first-order valence-corrected chi connectivity index (χ1v) is 8.68. The maximum Gasteiger partial charge on any atom is 0.170 e. The average molecular weight is 331 g/mol. The van der Waals surface area contributed by atoms with Crippen LogP contribution in [0, 0.1) is 22.7 Å². The number of hydrogen-bond donors (Lipinski definition) is 2. The summed E-state index contributed by atoms with van der Waals surface area (Å²) in [5, 5.41) is 30.5. The first-order chi connectivity index (χ1) is 12.2. The van der Waals surface area contributed by atoms with Crippen molar-refractivity contribution in [3.63, 3.8) is 0 Å². The number of benzene rings is 1. The summed E-state index contributed by atoms with van der Waals surface area (Å²) in [5.41, 5.74) is 5.54. The minimum Gasteiger partial charge on any atom is -0.359 e. The second-order valence-electron chi connectivity index (χ2n) is 6.33. The zero-order chi connectivity index (χ0) is 17.8. The molecule has 1 aromatic carbocycles. The van der Waals surface area contributed by atoms with E-state index in [-0.39, 0.29) is 0 Å². The maximum atomic E-state index is 9.88. The molecule has 0 unspecified atom stereocenters. The number of allylic oxidation sites excluding steroid dienone is 3. The predicted octanol–water partition coefficient (Wildman–Crippen LogP) is 4.28. The minimum atomic E-state index is 0.330. The number of nitrogens with one attached hydrogen (secondary N) is 2. The molecule has 1 aliphatic rings. The molecule has 0 amide bonds. The summed E-state index contributed by atoms with van der Waals surface area (Å²) in [6, 6.07) is 6.51. The third-order valence-corrected chi connectivity index (χ3v) is 4.55. The van der Waals surface area contributed by atoms with Gasteiger partial charge < -0.3 is 5.32 Å². The lowest BCUT2D eigenvalue weighted by Crippen LogP contribution is -2.14. The summed E-state index contributed by atoms with van der Waals surface area (Å²) in [4.78, 5) is 0. The molecule has 0 fully saturated rings. The highest BCUT2D eigenvalue weighted by molar-refractivity contribution is 5.98. The third-order valence-electron chi connectivity index (χ3n) is 4.55.